The number of benzene rings is 2. The SMILES string of the molecule is O=C(c1cnn(-c2ccccc2)n1)c1ccccc1F. The molecule has 0 fully saturated rings. The van der Waals surface area contributed by atoms with Crippen LogP contribution in [-0.4, -0.2) is 20.8 Å². The Kier molecular flexibility index (Phi) is 3.09. The van der Waals surface area contributed by atoms with E-state index >= 15 is 0 Å². The van der Waals surface area contributed by atoms with E-state index in [2.05, 4.69) is 10.2 Å². The molecule has 0 saturated carbocycles. The van der Waals surface area contributed by atoms with Gasteiger partial charge >= 0.3 is 0 Å². The number of hydrogen-bond acceptors (Lipinski definition) is 3. The van der Waals surface area contributed by atoms with Crippen molar-refractivity contribution in [3.63, 3.8) is 0 Å². The first kappa shape index (κ1) is 12.2. The van der Waals surface area contributed by atoms with Crippen molar-refractivity contribution in [1.82, 2.24) is 15.0 Å². The number of carbonyl (C=O) groups excluding carboxylic acids is 1. The van der Waals surface area contributed by atoms with Gasteiger partial charge in [-0.3, -0.25) is 4.79 Å². The van der Waals surface area contributed by atoms with Crippen molar-refractivity contribution in [2.75, 3.05) is 0 Å². The third-order valence-electron chi connectivity index (χ3n) is 2.83. The average Bonchev–Trinajstić information content (AvgIpc) is 2.98. The highest BCUT2D eigenvalue weighted by atomic mass is 19.1. The summed E-state index contributed by atoms with van der Waals surface area (Å²) < 4.78 is 13.6. The van der Waals surface area contributed by atoms with E-state index in [0.29, 0.717) is 0 Å². The third kappa shape index (κ3) is 2.21. The van der Waals surface area contributed by atoms with Crippen LogP contribution in [0.25, 0.3) is 5.69 Å². The second kappa shape index (κ2) is 5.05. The molecule has 3 rings (SSSR count). The van der Waals surface area contributed by atoms with Gasteiger partial charge in [0, 0.05) is 0 Å². The maximum absolute atomic E-state index is 13.6. The van der Waals surface area contributed by atoms with Gasteiger partial charge in [-0.1, -0.05) is 30.3 Å². The van der Waals surface area contributed by atoms with Gasteiger partial charge in [0.1, 0.15) is 5.82 Å². The molecule has 0 spiro atoms. The summed E-state index contributed by atoms with van der Waals surface area (Å²) >= 11 is 0. The van der Waals surface area contributed by atoms with Crippen LogP contribution in [0.4, 0.5) is 4.39 Å². The molecular formula is C15H10FN3O. The fourth-order valence-electron chi connectivity index (χ4n) is 1.84. The molecule has 0 unspecified atom stereocenters. The van der Waals surface area contributed by atoms with Crippen LogP contribution in [0.3, 0.4) is 0 Å². The lowest BCUT2D eigenvalue weighted by Gasteiger charge is -1.99. The largest absolute Gasteiger partial charge is 0.287 e. The molecule has 0 bridgehead atoms. The number of aromatic nitrogens is 3. The second-order valence-electron chi connectivity index (χ2n) is 4.16. The van der Waals surface area contributed by atoms with E-state index in [1.807, 2.05) is 30.3 Å². The Hall–Kier alpha value is -2.82. The highest BCUT2D eigenvalue weighted by Gasteiger charge is 2.17. The van der Waals surface area contributed by atoms with Crippen molar-refractivity contribution in [2.24, 2.45) is 0 Å². The van der Waals surface area contributed by atoms with E-state index in [4.69, 9.17) is 0 Å². The summed E-state index contributed by atoms with van der Waals surface area (Å²) in [5, 5.41) is 8.11. The number of hydrogen-bond donors (Lipinski definition) is 0. The van der Waals surface area contributed by atoms with Crippen molar-refractivity contribution in [3.8, 4) is 5.69 Å². The van der Waals surface area contributed by atoms with Gasteiger partial charge in [-0.25, -0.2) is 4.39 Å². The molecule has 0 atom stereocenters. The molecule has 1 heterocycles. The first-order chi connectivity index (χ1) is 9.75. The summed E-state index contributed by atoms with van der Waals surface area (Å²) in [5.74, 6) is -1.04. The molecule has 4 nitrogen and oxygen atoms in total. The van der Waals surface area contributed by atoms with Gasteiger partial charge in [-0.05, 0) is 24.3 Å². The number of nitrogens with zero attached hydrogens (tertiary/aromatic N) is 3. The average molecular weight is 267 g/mol. The molecule has 3 aromatic rings. The van der Waals surface area contributed by atoms with Gasteiger partial charge in [-0.15, -0.1) is 5.10 Å². The maximum atomic E-state index is 13.6. The summed E-state index contributed by atoms with van der Waals surface area (Å²) in [6.07, 6.45) is 1.34. The predicted octanol–water partition coefficient (Wildman–Crippen LogP) is 2.64. The molecule has 0 aliphatic carbocycles. The zero-order valence-corrected chi connectivity index (χ0v) is 10.4. The normalized spacial score (nSPS) is 10.4. The predicted molar refractivity (Wildman–Crippen MR) is 71.2 cm³/mol. The van der Waals surface area contributed by atoms with Crippen molar-refractivity contribution in [1.29, 1.82) is 0 Å². The Labute approximate surface area is 114 Å². The summed E-state index contributed by atoms with van der Waals surface area (Å²) in [6.45, 7) is 0. The topological polar surface area (TPSA) is 47.8 Å². The minimum absolute atomic E-state index is 0.00684. The molecule has 0 radical (unpaired) electrons. The summed E-state index contributed by atoms with van der Waals surface area (Å²) in [5.41, 5.74) is 0.839. The molecule has 0 aliphatic rings. The fourth-order valence-corrected chi connectivity index (χ4v) is 1.84. The number of halogens is 1. The van der Waals surface area contributed by atoms with Crippen molar-refractivity contribution < 1.29 is 9.18 Å². The van der Waals surface area contributed by atoms with Crippen LogP contribution in [0.2, 0.25) is 0 Å². The molecule has 5 heteroatoms. The molecule has 0 amide bonds. The third-order valence-corrected chi connectivity index (χ3v) is 2.83. The van der Waals surface area contributed by atoms with Crippen molar-refractivity contribution in [2.45, 2.75) is 0 Å². The Morgan fingerprint density at radius 3 is 2.45 bits per heavy atom. The summed E-state index contributed by atoms with van der Waals surface area (Å²) in [6, 6.07) is 15.0. The fraction of sp³-hybridized carbons (Fsp3) is 0. The Morgan fingerprint density at radius 2 is 1.70 bits per heavy atom. The van der Waals surface area contributed by atoms with Crippen molar-refractivity contribution in [3.05, 3.63) is 77.9 Å². The van der Waals surface area contributed by atoms with Gasteiger partial charge in [-0.2, -0.15) is 9.90 Å². The molecule has 1 aromatic heterocycles. The van der Waals surface area contributed by atoms with E-state index in [9.17, 15) is 9.18 Å². The van der Waals surface area contributed by atoms with Gasteiger partial charge in [0.05, 0.1) is 17.4 Å². The molecule has 0 saturated heterocycles. The van der Waals surface area contributed by atoms with Crippen LogP contribution in [0.15, 0.2) is 60.8 Å². The summed E-state index contributed by atoms with van der Waals surface area (Å²) in [4.78, 5) is 13.5. The monoisotopic (exact) mass is 267 g/mol. The lowest BCUT2D eigenvalue weighted by atomic mass is 10.1. The van der Waals surface area contributed by atoms with Crippen LogP contribution in [0, 0.1) is 5.82 Å². The number of para-hydroxylation sites is 1. The van der Waals surface area contributed by atoms with Gasteiger partial charge in [0.2, 0.25) is 5.78 Å². The highest BCUT2D eigenvalue weighted by molar-refractivity contribution is 6.07. The number of rotatable bonds is 3. The quantitative estimate of drug-likeness (QED) is 0.685. The van der Waals surface area contributed by atoms with Gasteiger partial charge in [0.15, 0.2) is 5.69 Å². The zero-order valence-electron chi connectivity index (χ0n) is 10.4. The summed E-state index contributed by atoms with van der Waals surface area (Å²) in [7, 11) is 0. The smallest absolute Gasteiger partial charge is 0.217 e. The van der Waals surface area contributed by atoms with E-state index < -0.39 is 11.6 Å². The first-order valence-electron chi connectivity index (χ1n) is 6.03. The second-order valence-corrected chi connectivity index (χ2v) is 4.16. The molecule has 20 heavy (non-hydrogen) atoms. The minimum atomic E-state index is -0.563. The Balaban J connectivity index is 1.95. The van der Waals surface area contributed by atoms with Crippen LogP contribution >= 0.6 is 0 Å². The molecule has 2 aromatic carbocycles. The Morgan fingerprint density at radius 1 is 1.00 bits per heavy atom. The molecule has 98 valence electrons. The van der Waals surface area contributed by atoms with E-state index in [-0.39, 0.29) is 11.3 Å². The van der Waals surface area contributed by atoms with E-state index in [1.54, 1.807) is 6.07 Å². The van der Waals surface area contributed by atoms with Crippen LogP contribution in [0.5, 0.6) is 0 Å². The standard InChI is InChI=1S/C15H10FN3O/c16-13-9-5-4-8-12(13)15(20)14-10-17-19(18-14)11-6-2-1-3-7-11/h1-10H. The van der Waals surface area contributed by atoms with Gasteiger partial charge in [0.25, 0.3) is 0 Å². The molecular weight excluding hydrogens is 257 g/mol. The lowest BCUT2D eigenvalue weighted by Crippen LogP contribution is -2.06. The van der Waals surface area contributed by atoms with Crippen LogP contribution in [0.1, 0.15) is 16.1 Å². The molecule has 0 N–H and O–H groups in total. The lowest BCUT2D eigenvalue weighted by molar-refractivity contribution is 0.103. The number of ketones is 1. The molecule has 0 aliphatic heterocycles. The van der Waals surface area contributed by atoms with Crippen LogP contribution in [-0.2, 0) is 0 Å². The van der Waals surface area contributed by atoms with E-state index in [0.717, 1.165) is 5.69 Å². The minimum Gasteiger partial charge on any atom is -0.287 e. The highest BCUT2D eigenvalue weighted by Crippen LogP contribution is 2.12. The maximum Gasteiger partial charge on any atom is 0.217 e. The zero-order chi connectivity index (χ0) is 13.9. The van der Waals surface area contributed by atoms with Crippen LogP contribution < -0.4 is 0 Å². The van der Waals surface area contributed by atoms with Crippen molar-refractivity contribution >= 4 is 5.78 Å². The number of carbonyl (C=O) groups is 1. The first-order valence-corrected chi connectivity index (χ1v) is 6.03. The Bertz CT molecular complexity index is 753. The van der Waals surface area contributed by atoms with E-state index in [1.165, 1.54) is 29.2 Å². The van der Waals surface area contributed by atoms with Gasteiger partial charge < -0.3 is 0 Å².